The van der Waals surface area contributed by atoms with Gasteiger partial charge in [0.2, 0.25) is 0 Å². The lowest BCUT2D eigenvalue weighted by Gasteiger charge is -2.07. The van der Waals surface area contributed by atoms with E-state index < -0.39 is 0 Å². The highest BCUT2D eigenvalue weighted by Gasteiger charge is 2.14. The van der Waals surface area contributed by atoms with Crippen LogP contribution in [0.3, 0.4) is 0 Å². The Kier molecular flexibility index (Phi) is 4.14. The standard InChI is InChI=1S/C13H13BrN2OS/c1-8-12(9(2)17)13(18-16-8)15-7-10-5-3-4-6-11(10)14/h3-6,15H,7H2,1-2H3. The molecule has 1 aromatic heterocycles. The highest BCUT2D eigenvalue weighted by Crippen LogP contribution is 2.26. The predicted molar refractivity (Wildman–Crippen MR) is 78.3 cm³/mol. The van der Waals surface area contributed by atoms with Crippen molar-refractivity contribution in [3.05, 3.63) is 45.6 Å². The van der Waals surface area contributed by atoms with Crippen molar-refractivity contribution in [2.24, 2.45) is 0 Å². The summed E-state index contributed by atoms with van der Waals surface area (Å²) in [5.74, 6) is 0.0517. The van der Waals surface area contributed by atoms with Crippen LogP contribution in [0.4, 0.5) is 5.00 Å². The topological polar surface area (TPSA) is 42.0 Å². The van der Waals surface area contributed by atoms with Crippen LogP contribution in [0.15, 0.2) is 28.7 Å². The predicted octanol–water partition coefficient (Wildman–Crippen LogP) is 4.03. The Bertz CT molecular complexity index is 580. The van der Waals surface area contributed by atoms with Crippen LogP contribution in [0, 0.1) is 6.92 Å². The van der Waals surface area contributed by atoms with E-state index in [1.165, 1.54) is 11.5 Å². The summed E-state index contributed by atoms with van der Waals surface area (Å²) in [6.45, 7) is 4.10. The molecule has 0 amide bonds. The van der Waals surface area contributed by atoms with E-state index >= 15 is 0 Å². The fourth-order valence-corrected chi connectivity index (χ4v) is 2.99. The van der Waals surface area contributed by atoms with Crippen LogP contribution in [-0.2, 0) is 6.54 Å². The number of carbonyl (C=O) groups excluding carboxylic acids is 1. The Balaban J connectivity index is 2.16. The van der Waals surface area contributed by atoms with E-state index in [9.17, 15) is 4.79 Å². The van der Waals surface area contributed by atoms with Crippen LogP contribution < -0.4 is 5.32 Å². The molecule has 3 nitrogen and oxygen atoms in total. The summed E-state index contributed by atoms with van der Waals surface area (Å²) < 4.78 is 5.28. The first-order valence-electron chi connectivity index (χ1n) is 5.54. The van der Waals surface area contributed by atoms with Crippen LogP contribution in [0.25, 0.3) is 0 Å². The third-order valence-corrected chi connectivity index (χ3v) is 4.28. The minimum absolute atomic E-state index is 0.0517. The first-order chi connectivity index (χ1) is 8.59. The third kappa shape index (κ3) is 2.79. The Labute approximate surface area is 119 Å². The first kappa shape index (κ1) is 13.2. The van der Waals surface area contributed by atoms with Crippen LogP contribution in [0.1, 0.15) is 28.5 Å². The summed E-state index contributed by atoms with van der Waals surface area (Å²) in [4.78, 5) is 11.5. The quantitative estimate of drug-likeness (QED) is 0.863. The van der Waals surface area contributed by atoms with Gasteiger partial charge in [0.15, 0.2) is 5.78 Å². The average molecular weight is 325 g/mol. The zero-order valence-corrected chi connectivity index (χ0v) is 12.6. The second-order valence-electron chi connectivity index (χ2n) is 3.97. The maximum absolute atomic E-state index is 11.5. The van der Waals surface area contributed by atoms with E-state index in [0.29, 0.717) is 12.1 Å². The number of rotatable bonds is 4. The molecule has 0 aliphatic rings. The number of hydrogen-bond acceptors (Lipinski definition) is 4. The molecule has 0 atom stereocenters. The number of Topliss-reactive ketones (excluding diaryl/α,β-unsaturated/α-hetero) is 1. The molecule has 1 aromatic carbocycles. The second-order valence-corrected chi connectivity index (χ2v) is 5.60. The highest BCUT2D eigenvalue weighted by atomic mass is 79.9. The number of ketones is 1. The summed E-state index contributed by atoms with van der Waals surface area (Å²) in [6, 6.07) is 8.01. The molecule has 0 spiro atoms. The number of benzene rings is 1. The highest BCUT2D eigenvalue weighted by molar-refractivity contribution is 9.10. The van der Waals surface area contributed by atoms with Gasteiger partial charge in [-0.05, 0) is 37.0 Å². The number of halogens is 1. The van der Waals surface area contributed by atoms with E-state index in [4.69, 9.17) is 0 Å². The Morgan fingerprint density at radius 3 is 2.83 bits per heavy atom. The molecule has 94 valence electrons. The summed E-state index contributed by atoms with van der Waals surface area (Å²) >= 11 is 4.84. The van der Waals surface area contributed by atoms with Crippen molar-refractivity contribution in [2.45, 2.75) is 20.4 Å². The van der Waals surface area contributed by atoms with Gasteiger partial charge in [-0.3, -0.25) is 4.79 Å². The Morgan fingerprint density at radius 2 is 2.17 bits per heavy atom. The molecular formula is C13H13BrN2OS. The van der Waals surface area contributed by atoms with Gasteiger partial charge < -0.3 is 5.32 Å². The number of aromatic nitrogens is 1. The average Bonchev–Trinajstić information content (AvgIpc) is 2.69. The van der Waals surface area contributed by atoms with E-state index in [1.54, 1.807) is 6.92 Å². The maximum Gasteiger partial charge on any atom is 0.164 e. The molecule has 0 aliphatic heterocycles. The fraction of sp³-hybridized carbons (Fsp3) is 0.231. The lowest BCUT2D eigenvalue weighted by molar-refractivity contribution is 0.101. The summed E-state index contributed by atoms with van der Waals surface area (Å²) in [5, 5.41) is 4.12. The summed E-state index contributed by atoms with van der Waals surface area (Å²) in [5.41, 5.74) is 2.65. The normalized spacial score (nSPS) is 10.4. The van der Waals surface area contributed by atoms with Gasteiger partial charge in [0, 0.05) is 11.0 Å². The monoisotopic (exact) mass is 324 g/mol. The molecule has 0 saturated heterocycles. The van der Waals surface area contributed by atoms with Gasteiger partial charge in [0.1, 0.15) is 5.00 Å². The van der Waals surface area contributed by atoms with Crippen molar-refractivity contribution in [3.8, 4) is 0 Å². The smallest absolute Gasteiger partial charge is 0.164 e. The molecule has 0 radical (unpaired) electrons. The number of nitrogens with zero attached hydrogens (tertiary/aromatic N) is 1. The number of nitrogens with one attached hydrogen (secondary N) is 1. The van der Waals surface area contributed by atoms with Crippen LogP contribution in [0.5, 0.6) is 0 Å². The largest absolute Gasteiger partial charge is 0.371 e. The molecule has 1 N–H and O–H groups in total. The molecule has 0 fully saturated rings. The van der Waals surface area contributed by atoms with Gasteiger partial charge in [-0.1, -0.05) is 34.1 Å². The van der Waals surface area contributed by atoms with Crippen molar-refractivity contribution in [1.82, 2.24) is 4.37 Å². The maximum atomic E-state index is 11.5. The van der Waals surface area contributed by atoms with Crippen molar-refractivity contribution >= 4 is 38.2 Å². The molecular weight excluding hydrogens is 312 g/mol. The van der Waals surface area contributed by atoms with Gasteiger partial charge in [-0.15, -0.1) is 0 Å². The van der Waals surface area contributed by atoms with Crippen LogP contribution in [-0.4, -0.2) is 10.2 Å². The molecule has 1 heterocycles. The van der Waals surface area contributed by atoms with E-state index in [-0.39, 0.29) is 5.78 Å². The zero-order valence-electron chi connectivity index (χ0n) is 10.2. The molecule has 0 bridgehead atoms. The van der Waals surface area contributed by atoms with Crippen molar-refractivity contribution in [2.75, 3.05) is 5.32 Å². The lowest BCUT2D eigenvalue weighted by Crippen LogP contribution is -2.03. The zero-order chi connectivity index (χ0) is 13.1. The summed E-state index contributed by atoms with van der Waals surface area (Å²) in [6.07, 6.45) is 0. The lowest BCUT2D eigenvalue weighted by atomic mass is 10.2. The minimum atomic E-state index is 0.0517. The molecule has 0 aliphatic carbocycles. The number of carbonyl (C=O) groups is 1. The van der Waals surface area contributed by atoms with E-state index in [2.05, 4.69) is 25.6 Å². The first-order valence-corrected chi connectivity index (χ1v) is 7.10. The van der Waals surface area contributed by atoms with Crippen LogP contribution >= 0.6 is 27.5 Å². The molecule has 0 saturated carbocycles. The Morgan fingerprint density at radius 1 is 1.44 bits per heavy atom. The minimum Gasteiger partial charge on any atom is -0.371 e. The van der Waals surface area contributed by atoms with Crippen molar-refractivity contribution < 1.29 is 4.79 Å². The molecule has 18 heavy (non-hydrogen) atoms. The second kappa shape index (κ2) is 5.63. The molecule has 2 rings (SSSR count). The van der Waals surface area contributed by atoms with Crippen molar-refractivity contribution in [3.63, 3.8) is 0 Å². The Hall–Kier alpha value is -1.20. The third-order valence-electron chi connectivity index (χ3n) is 2.61. The molecule has 2 aromatic rings. The number of anilines is 1. The number of hydrogen-bond donors (Lipinski definition) is 1. The molecule has 0 unspecified atom stereocenters. The van der Waals surface area contributed by atoms with E-state index in [0.717, 1.165) is 20.7 Å². The molecule has 5 heteroatoms. The summed E-state index contributed by atoms with van der Waals surface area (Å²) in [7, 11) is 0. The van der Waals surface area contributed by atoms with Gasteiger partial charge >= 0.3 is 0 Å². The number of aryl methyl sites for hydroxylation is 1. The fourth-order valence-electron chi connectivity index (χ4n) is 1.72. The van der Waals surface area contributed by atoms with Crippen molar-refractivity contribution in [1.29, 1.82) is 0 Å². The SMILES string of the molecule is CC(=O)c1c(C)nsc1NCc1ccccc1Br. The van der Waals surface area contributed by atoms with Gasteiger partial charge in [-0.25, -0.2) is 0 Å². The van der Waals surface area contributed by atoms with Gasteiger partial charge in [-0.2, -0.15) is 4.37 Å². The van der Waals surface area contributed by atoms with E-state index in [1.807, 2.05) is 31.2 Å². The van der Waals surface area contributed by atoms with Gasteiger partial charge in [0.05, 0.1) is 11.3 Å². The van der Waals surface area contributed by atoms with Crippen LogP contribution in [0.2, 0.25) is 0 Å². The van der Waals surface area contributed by atoms with Gasteiger partial charge in [0.25, 0.3) is 0 Å².